The van der Waals surface area contributed by atoms with Crippen molar-refractivity contribution in [1.29, 1.82) is 0 Å². The van der Waals surface area contributed by atoms with Gasteiger partial charge < -0.3 is 5.32 Å². The van der Waals surface area contributed by atoms with E-state index >= 15 is 0 Å². The monoisotopic (exact) mass is 232 g/mol. The lowest BCUT2D eigenvalue weighted by atomic mass is 10.0. The Morgan fingerprint density at radius 2 is 2.00 bits per heavy atom. The molecule has 2 nitrogen and oxygen atoms in total. The zero-order chi connectivity index (χ0) is 12.1. The molecule has 2 atom stereocenters. The van der Waals surface area contributed by atoms with Crippen molar-refractivity contribution in [3.05, 3.63) is 35.9 Å². The Balaban J connectivity index is 2.03. The minimum Gasteiger partial charge on any atom is -0.313 e. The van der Waals surface area contributed by atoms with Gasteiger partial charge >= 0.3 is 0 Å². The molecule has 1 aromatic carbocycles. The average molecular weight is 232 g/mol. The van der Waals surface area contributed by atoms with Crippen molar-refractivity contribution < 1.29 is 0 Å². The van der Waals surface area contributed by atoms with Gasteiger partial charge in [0.15, 0.2) is 0 Å². The van der Waals surface area contributed by atoms with Gasteiger partial charge in [-0.2, -0.15) is 0 Å². The van der Waals surface area contributed by atoms with Gasteiger partial charge in [0.1, 0.15) is 0 Å². The predicted molar refractivity (Wildman–Crippen MR) is 73.1 cm³/mol. The summed E-state index contributed by atoms with van der Waals surface area (Å²) in [5, 5.41) is 3.58. The van der Waals surface area contributed by atoms with E-state index in [2.05, 4.69) is 54.4 Å². The lowest BCUT2D eigenvalue weighted by Gasteiger charge is -2.34. The summed E-state index contributed by atoms with van der Waals surface area (Å²) in [7, 11) is 0. The summed E-state index contributed by atoms with van der Waals surface area (Å²) in [6.07, 6.45) is 2.60. The largest absolute Gasteiger partial charge is 0.313 e. The highest BCUT2D eigenvalue weighted by atomic mass is 15.2. The van der Waals surface area contributed by atoms with Crippen molar-refractivity contribution in [3.8, 4) is 0 Å². The van der Waals surface area contributed by atoms with Crippen LogP contribution in [-0.2, 0) is 0 Å². The molecule has 0 aliphatic carbocycles. The Hall–Kier alpha value is -0.860. The fourth-order valence-corrected chi connectivity index (χ4v) is 2.59. The Kier molecular flexibility index (Phi) is 4.57. The molecule has 0 aromatic heterocycles. The third-order valence-electron chi connectivity index (χ3n) is 3.70. The van der Waals surface area contributed by atoms with Crippen LogP contribution in [0.3, 0.4) is 0 Å². The molecule has 0 saturated carbocycles. The van der Waals surface area contributed by atoms with E-state index in [0.29, 0.717) is 12.1 Å². The molecule has 17 heavy (non-hydrogen) atoms. The fourth-order valence-electron chi connectivity index (χ4n) is 2.59. The third kappa shape index (κ3) is 3.55. The SMILES string of the molecule is CC1CN(C(C)c2ccccc2)CCCCN1. The highest BCUT2D eigenvalue weighted by Gasteiger charge is 2.18. The van der Waals surface area contributed by atoms with Crippen LogP contribution in [0, 0.1) is 0 Å². The van der Waals surface area contributed by atoms with Gasteiger partial charge in [0, 0.05) is 18.6 Å². The molecular formula is C15H24N2. The van der Waals surface area contributed by atoms with Crippen LogP contribution in [0.5, 0.6) is 0 Å². The molecule has 1 aliphatic rings. The molecule has 2 rings (SSSR count). The first-order valence-corrected chi connectivity index (χ1v) is 6.80. The number of hydrogen-bond donors (Lipinski definition) is 1. The van der Waals surface area contributed by atoms with Crippen LogP contribution < -0.4 is 5.32 Å². The van der Waals surface area contributed by atoms with Gasteiger partial charge in [0.25, 0.3) is 0 Å². The van der Waals surface area contributed by atoms with E-state index < -0.39 is 0 Å². The van der Waals surface area contributed by atoms with Crippen LogP contribution in [0.1, 0.15) is 38.3 Å². The second kappa shape index (κ2) is 6.18. The molecule has 1 aromatic rings. The van der Waals surface area contributed by atoms with Crippen LogP contribution in [0.4, 0.5) is 0 Å². The molecule has 1 N–H and O–H groups in total. The number of benzene rings is 1. The smallest absolute Gasteiger partial charge is 0.0320 e. The maximum Gasteiger partial charge on any atom is 0.0320 e. The van der Waals surface area contributed by atoms with E-state index in [9.17, 15) is 0 Å². The third-order valence-corrected chi connectivity index (χ3v) is 3.70. The Labute approximate surface area is 105 Å². The molecule has 0 amide bonds. The van der Waals surface area contributed by atoms with Crippen molar-refractivity contribution in [3.63, 3.8) is 0 Å². The van der Waals surface area contributed by atoms with E-state index in [4.69, 9.17) is 0 Å². The summed E-state index contributed by atoms with van der Waals surface area (Å²) >= 11 is 0. The van der Waals surface area contributed by atoms with Crippen LogP contribution in [0.15, 0.2) is 30.3 Å². The molecular weight excluding hydrogens is 208 g/mol. The van der Waals surface area contributed by atoms with Crippen molar-refractivity contribution in [2.24, 2.45) is 0 Å². The number of nitrogens with one attached hydrogen (secondary N) is 1. The van der Waals surface area contributed by atoms with Crippen molar-refractivity contribution in [1.82, 2.24) is 10.2 Å². The molecule has 0 radical (unpaired) electrons. The molecule has 0 spiro atoms. The Morgan fingerprint density at radius 3 is 2.76 bits per heavy atom. The second-order valence-electron chi connectivity index (χ2n) is 5.14. The second-order valence-corrected chi connectivity index (χ2v) is 5.14. The zero-order valence-electron chi connectivity index (χ0n) is 11.0. The standard InChI is InChI=1S/C15H24N2/c1-13-12-17(11-7-6-10-16-13)14(2)15-8-4-3-5-9-15/h3-5,8-9,13-14,16H,6-7,10-12H2,1-2H3. The highest BCUT2D eigenvalue weighted by molar-refractivity contribution is 5.18. The van der Waals surface area contributed by atoms with E-state index in [1.54, 1.807) is 0 Å². The minimum atomic E-state index is 0.526. The van der Waals surface area contributed by atoms with E-state index in [-0.39, 0.29) is 0 Å². The summed E-state index contributed by atoms with van der Waals surface area (Å²) in [5.74, 6) is 0. The van der Waals surface area contributed by atoms with Gasteiger partial charge in [-0.05, 0) is 45.3 Å². The average Bonchev–Trinajstić information content (AvgIpc) is 2.34. The molecule has 2 unspecified atom stereocenters. The van der Waals surface area contributed by atoms with Crippen LogP contribution in [0.25, 0.3) is 0 Å². The normalized spacial score (nSPS) is 24.9. The fraction of sp³-hybridized carbons (Fsp3) is 0.600. The number of nitrogens with zero attached hydrogens (tertiary/aromatic N) is 1. The van der Waals surface area contributed by atoms with E-state index in [1.165, 1.54) is 31.5 Å². The number of hydrogen-bond acceptors (Lipinski definition) is 2. The van der Waals surface area contributed by atoms with E-state index in [1.807, 2.05) is 0 Å². The first kappa shape index (κ1) is 12.6. The van der Waals surface area contributed by atoms with Crippen LogP contribution >= 0.6 is 0 Å². The van der Waals surface area contributed by atoms with Crippen LogP contribution in [0.2, 0.25) is 0 Å². The van der Waals surface area contributed by atoms with E-state index in [0.717, 1.165) is 6.54 Å². The van der Waals surface area contributed by atoms with Crippen molar-refractivity contribution in [2.45, 2.75) is 38.8 Å². The minimum absolute atomic E-state index is 0.526. The molecule has 1 fully saturated rings. The quantitative estimate of drug-likeness (QED) is 0.843. The predicted octanol–water partition coefficient (Wildman–Crippen LogP) is 2.82. The lowest BCUT2D eigenvalue weighted by Crippen LogP contribution is -2.43. The lowest BCUT2D eigenvalue weighted by molar-refractivity contribution is 0.176. The summed E-state index contributed by atoms with van der Waals surface area (Å²) in [6, 6.07) is 12.0. The van der Waals surface area contributed by atoms with Gasteiger partial charge in [0.2, 0.25) is 0 Å². The molecule has 0 bridgehead atoms. The van der Waals surface area contributed by atoms with Gasteiger partial charge in [-0.25, -0.2) is 0 Å². The summed E-state index contributed by atoms with van der Waals surface area (Å²) in [4.78, 5) is 2.60. The van der Waals surface area contributed by atoms with Crippen molar-refractivity contribution in [2.75, 3.05) is 19.6 Å². The molecule has 1 saturated heterocycles. The maximum absolute atomic E-state index is 3.58. The Morgan fingerprint density at radius 1 is 1.24 bits per heavy atom. The first-order chi connectivity index (χ1) is 8.27. The van der Waals surface area contributed by atoms with Gasteiger partial charge in [0.05, 0.1) is 0 Å². The Bertz CT molecular complexity index is 323. The first-order valence-electron chi connectivity index (χ1n) is 6.80. The summed E-state index contributed by atoms with van der Waals surface area (Å²) in [6.45, 7) is 8.16. The molecule has 94 valence electrons. The van der Waals surface area contributed by atoms with Gasteiger partial charge in [-0.1, -0.05) is 30.3 Å². The molecule has 1 aliphatic heterocycles. The zero-order valence-corrected chi connectivity index (χ0v) is 11.0. The summed E-state index contributed by atoms with van der Waals surface area (Å²) < 4.78 is 0. The number of rotatable bonds is 2. The van der Waals surface area contributed by atoms with Crippen molar-refractivity contribution >= 4 is 0 Å². The summed E-state index contributed by atoms with van der Waals surface area (Å²) in [5.41, 5.74) is 1.43. The van der Waals surface area contributed by atoms with Gasteiger partial charge in [-0.3, -0.25) is 4.90 Å². The van der Waals surface area contributed by atoms with Gasteiger partial charge in [-0.15, -0.1) is 0 Å². The highest BCUT2D eigenvalue weighted by Crippen LogP contribution is 2.21. The topological polar surface area (TPSA) is 15.3 Å². The molecule has 1 heterocycles. The molecule has 2 heteroatoms. The maximum atomic E-state index is 3.58. The van der Waals surface area contributed by atoms with Crippen LogP contribution in [-0.4, -0.2) is 30.6 Å².